The van der Waals surface area contributed by atoms with E-state index in [1.807, 2.05) is 80.0 Å². The van der Waals surface area contributed by atoms with Crippen molar-refractivity contribution in [3.05, 3.63) is 102 Å². The Bertz CT molecular complexity index is 1350. The second-order valence-electron chi connectivity index (χ2n) is 7.79. The zero-order chi connectivity index (χ0) is 21.2. The molecule has 1 atom stereocenters. The Morgan fingerprint density at radius 1 is 1.00 bits per heavy atom. The summed E-state index contributed by atoms with van der Waals surface area (Å²) >= 11 is 0. The number of rotatable bonds is 6. The van der Waals surface area contributed by atoms with Crippen LogP contribution < -0.4 is 5.32 Å². The second-order valence-corrected chi connectivity index (χ2v) is 7.79. The Kier molecular flexibility index (Phi) is 5.00. The number of aromatic nitrogens is 3. The molecular weight excluding hydrogens is 384 g/mol. The van der Waals surface area contributed by atoms with Gasteiger partial charge in [0, 0.05) is 30.6 Å². The number of H-pyrrole nitrogens is 1. The molecular formula is C26H24N4O. The number of para-hydroxylation sites is 3. The Balaban J connectivity index is 1.41. The molecule has 0 aliphatic heterocycles. The Morgan fingerprint density at radius 2 is 1.74 bits per heavy atom. The third kappa shape index (κ3) is 3.70. The summed E-state index contributed by atoms with van der Waals surface area (Å²) in [4.78, 5) is 21.1. The van der Waals surface area contributed by atoms with Crippen LogP contribution in [0.15, 0.2) is 85.1 Å². The number of imidazole rings is 1. The smallest absolute Gasteiger partial charge is 0.221 e. The highest BCUT2D eigenvalue weighted by molar-refractivity contribution is 5.84. The van der Waals surface area contributed by atoms with E-state index < -0.39 is 0 Å². The average molecular weight is 409 g/mol. The molecule has 2 heterocycles. The van der Waals surface area contributed by atoms with Gasteiger partial charge < -0.3 is 14.9 Å². The maximum atomic E-state index is 13.0. The molecule has 5 rings (SSSR count). The van der Waals surface area contributed by atoms with Crippen LogP contribution >= 0.6 is 0 Å². The Morgan fingerprint density at radius 3 is 2.58 bits per heavy atom. The van der Waals surface area contributed by atoms with Gasteiger partial charge in [-0.1, -0.05) is 60.7 Å². The summed E-state index contributed by atoms with van der Waals surface area (Å²) in [5.74, 6) is 0.832. The molecule has 5 nitrogen and oxygen atoms in total. The number of hydrogen-bond donors (Lipinski definition) is 2. The van der Waals surface area contributed by atoms with Gasteiger partial charge in [0.2, 0.25) is 5.91 Å². The summed E-state index contributed by atoms with van der Waals surface area (Å²) < 4.78 is 2.06. The first-order chi connectivity index (χ1) is 15.2. The molecule has 2 aromatic heterocycles. The van der Waals surface area contributed by atoms with E-state index in [-0.39, 0.29) is 11.9 Å². The van der Waals surface area contributed by atoms with Crippen LogP contribution in [0.4, 0.5) is 0 Å². The molecule has 154 valence electrons. The molecule has 0 aliphatic carbocycles. The first-order valence-electron chi connectivity index (χ1n) is 10.5. The lowest BCUT2D eigenvalue weighted by molar-refractivity contribution is -0.121. The minimum atomic E-state index is -0.311. The topological polar surface area (TPSA) is 62.7 Å². The van der Waals surface area contributed by atoms with Crippen molar-refractivity contribution in [2.75, 3.05) is 0 Å². The number of nitrogens with one attached hydrogen (secondary N) is 2. The fourth-order valence-electron chi connectivity index (χ4n) is 4.18. The predicted molar refractivity (Wildman–Crippen MR) is 124 cm³/mol. The van der Waals surface area contributed by atoms with E-state index in [4.69, 9.17) is 4.98 Å². The second kappa shape index (κ2) is 8.11. The molecule has 0 spiro atoms. The van der Waals surface area contributed by atoms with Gasteiger partial charge in [0.05, 0.1) is 11.0 Å². The van der Waals surface area contributed by atoms with Crippen LogP contribution in [0.2, 0.25) is 0 Å². The minimum absolute atomic E-state index is 0.00573. The van der Waals surface area contributed by atoms with Gasteiger partial charge in [-0.25, -0.2) is 4.98 Å². The average Bonchev–Trinajstić information content (AvgIpc) is 3.38. The first-order valence-corrected chi connectivity index (χ1v) is 10.5. The van der Waals surface area contributed by atoms with Crippen LogP contribution in [-0.2, 0) is 18.3 Å². The normalized spacial score (nSPS) is 12.3. The van der Waals surface area contributed by atoms with Crippen molar-refractivity contribution < 1.29 is 4.79 Å². The standard InChI is InChI=1S/C26H24N4O/c1-30-23-14-8-7-13-22(23)28-26(30)25(18-9-3-2-4-10-18)29-24(31)16-15-19-17-27-21-12-6-5-11-20(19)21/h2-14,17,25,27H,15-16H2,1H3,(H,29,31)/t25-/m0/s1. The number of carbonyl (C=O) groups excluding carboxylic acids is 1. The number of carbonyl (C=O) groups is 1. The summed E-state index contributed by atoms with van der Waals surface area (Å²) in [5.41, 5.74) is 5.24. The molecule has 0 saturated heterocycles. The third-order valence-corrected chi connectivity index (χ3v) is 5.81. The van der Waals surface area contributed by atoms with Gasteiger partial charge in [0.25, 0.3) is 0 Å². The zero-order valence-corrected chi connectivity index (χ0v) is 17.4. The summed E-state index contributed by atoms with van der Waals surface area (Å²) in [6.07, 6.45) is 3.09. The van der Waals surface area contributed by atoms with Crippen molar-refractivity contribution in [3.63, 3.8) is 0 Å². The summed E-state index contributed by atoms with van der Waals surface area (Å²) in [5, 5.41) is 4.40. The first kappa shape index (κ1) is 19.1. The highest BCUT2D eigenvalue weighted by Gasteiger charge is 2.22. The van der Waals surface area contributed by atoms with Gasteiger partial charge >= 0.3 is 0 Å². The third-order valence-electron chi connectivity index (χ3n) is 5.81. The fourth-order valence-corrected chi connectivity index (χ4v) is 4.18. The van der Waals surface area contributed by atoms with Crippen molar-refractivity contribution in [2.24, 2.45) is 7.05 Å². The van der Waals surface area contributed by atoms with E-state index in [1.165, 1.54) is 5.39 Å². The molecule has 2 N–H and O–H groups in total. The number of aryl methyl sites for hydroxylation is 2. The van der Waals surface area contributed by atoms with Gasteiger partial charge in [0.1, 0.15) is 11.9 Å². The number of hydrogen-bond acceptors (Lipinski definition) is 2. The van der Waals surface area contributed by atoms with E-state index in [9.17, 15) is 4.79 Å². The fraction of sp³-hybridized carbons (Fsp3) is 0.154. The van der Waals surface area contributed by atoms with E-state index in [0.29, 0.717) is 12.8 Å². The highest BCUT2D eigenvalue weighted by Crippen LogP contribution is 2.25. The van der Waals surface area contributed by atoms with Crippen LogP contribution in [0.25, 0.3) is 21.9 Å². The van der Waals surface area contributed by atoms with E-state index in [2.05, 4.69) is 27.0 Å². The maximum Gasteiger partial charge on any atom is 0.221 e. The molecule has 0 saturated carbocycles. The van der Waals surface area contributed by atoms with Crippen LogP contribution in [0.1, 0.15) is 29.4 Å². The van der Waals surface area contributed by atoms with Crippen molar-refractivity contribution in [3.8, 4) is 0 Å². The molecule has 3 aromatic carbocycles. The summed E-state index contributed by atoms with van der Waals surface area (Å²) in [6.45, 7) is 0. The van der Waals surface area contributed by atoms with Crippen LogP contribution in [0.5, 0.6) is 0 Å². The van der Waals surface area contributed by atoms with Crippen LogP contribution in [-0.4, -0.2) is 20.4 Å². The van der Waals surface area contributed by atoms with Crippen LogP contribution in [0.3, 0.4) is 0 Å². The SMILES string of the molecule is Cn1c([C@@H](NC(=O)CCc2c[nH]c3ccccc23)c2ccccc2)nc2ccccc21. The lowest BCUT2D eigenvalue weighted by atomic mass is 10.0. The molecule has 31 heavy (non-hydrogen) atoms. The van der Waals surface area contributed by atoms with E-state index in [1.54, 1.807) is 0 Å². The summed E-state index contributed by atoms with van der Waals surface area (Å²) in [6, 6.07) is 25.9. The van der Waals surface area contributed by atoms with Crippen molar-refractivity contribution in [2.45, 2.75) is 18.9 Å². The van der Waals surface area contributed by atoms with Crippen molar-refractivity contribution in [1.82, 2.24) is 19.9 Å². The van der Waals surface area contributed by atoms with Gasteiger partial charge in [-0.3, -0.25) is 4.79 Å². The molecule has 1 amide bonds. The van der Waals surface area contributed by atoms with Gasteiger partial charge in [0.15, 0.2) is 0 Å². The molecule has 0 unspecified atom stereocenters. The van der Waals surface area contributed by atoms with Crippen molar-refractivity contribution >= 4 is 27.8 Å². The van der Waals surface area contributed by atoms with E-state index >= 15 is 0 Å². The van der Waals surface area contributed by atoms with Gasteiger partial charge in [-0.05, 0) is 35.7 Å². The monoisotopic (exact) mass is 408 g/mol. The molecule has 0 aliphatic rings. The quantitative estimate of drug-likeness (QED) is 0.420. The van der Waals surface area contributed by atoms with Gasteiger partial charge in [-0.2, -0.15) is 0 Å². The Labute approximate surface area is 180 Å². The molecule has 5 aromatic rings. The maximum absolute atomic E-state index is 13.0. The lowest BCUT2D eigenvalue weighted by Crippen LogP contribution is -2.31. The minimum Gasteiger partial charge on any atom is -0.361 e. The number of benzene rings is 3. The highest BCUT2D eigenvalue weighted by atomic mass is 16.1. The predicted octanol–water partition coefficient (Wildman–Crippen LogP) is 4.89. The molecule has 0 bridgehead atoms. The van der Waals surface area contributed by atoms with Gasteiger partial charge in [-0.15, -0.1) is 0 Å². The molecule has 0 radical (unpaired) electrons. The number of amides is 1. The largest absolute Gasteiger partial charge is 0.361 e. The molecule has 5 heteroatoms. The van der Waals surface area contributed by atoms with Crippen molar-refractivity contribution in [1.29, 1.82) is 0 Å². The number of aromatic amines is 1. The molecule has 0 fully saturated rings. The number of fused-ring (bicyclic) bond motifs is 2. The summed E-state index contributed by atoms with van der Waals surface area (Å²) in [7, 11) is 2.00. The zero-order valence-electron chi connectivity index (χ0n) is 17.4. The lowest BCUT2D eigenvalue weighted by Gasteiger charge is -2.19. The number of nitrogens with zero attached hydrogens (tertiary/aromatic N) is 2. The van der Waals surface area contributed by atoms with Crippen LogP contribution in [0, 0.1) is 0 Å². The van der Waals surface area contributed by atoms with E-state index in [0.717, 1.165) is 33.5 Å². The Hall–Kier alpha value is -3.86.